The summed E-state index contributed by atoms with van der Waals surface area (Å²) in [5.74, 6) is 0. The highest BCUT2D eigenvalue weighted by atomic mass is 127. The van der Waals surface area contributed by atoms with Crippen molar-refractivity contribution in [1.29, 1.82) is 0 Å². The standard InChI is InChI=1S/C5H13INO3/c1-7(2,3)4-5-10-6(8)9/h4-5H2,1-3H3/q+1. The molecule has 0 saturated carbocycles. The molecule has 0 aromatic rings. The molecule has 62 valence electrons. The smallest absolute Gasteiger partial charge is 0.396 e. The van der Waals surface area contributed by atoms with Crippen molar-refractivity contribution in [2.75, 3.05) is 34.3 Å². The van der Waals surface area contributed by atoms with Gasteiger partial charge in [0.25, 0.3) is 0 Å². The van der Waals surface area contributed by atoms with E-state index in [0.29, 0.717) is 6.61 Å². The Morgan fingerprint density at radius 2 is 1.80 bits per heavy atom. The first-order valence-electron chi connectivity index (χ1n) is 2.91. The molecule has 0 atom stereocenters. The van der Waals surface area contributed by atoms with Crippen LogP contribution in [0, 0.1) is 0 Å². The molecule has 0 spiro atoms. The van der Waals surface area contributed by atoms with Gasteiger partial charge in [0.15, 0.2) is 6.61 Å². The van der Waals surface area contributed by atoms with Crippen LogP contribution in [0.25, 0.3) is 0 Å². The van der Waals surface area contributed by atoms with Crippen LogP contribution in [0.2, 0.25) is 0 Å². The third kappa shape index (κ3) is 8.57. The SMILES string of the molecule is C[N+](C)(C)CCO[I+2]([O-])[O-]. The van der Waals surface area contributed by atoms with E-state index >= 15 is 0 Å². The van der Waals surface area contributed by atoms with Gasteiger partial charge in [0.2, 0.25) is 0 Å². The second kappa shape index (κ2) is 4.45. The Kier molecular flexibility index (Phi) is 4.70. The zero-order valence-electron chi connectivity index (χ0n) is 6.46. The van der Waals surface area contributed by atoms with Gasteiger partial charge in [-0.15, -0.1) is 0 Å². The third-order valence-corrected chi connectivity index (χ3v) is 1.88. The van der Waals surface area contributed by atoms with Gasteiger partial charge in [-0.3, -0.25) is 0 Å². The van der Waals surface area contributed by atoms with Gasteiger partial charge in [-0.1, -0.05) is 0 Å². The summed E-state index contributed by atoms with van der Waals surface area (Å²) in [5, 5.41) is 0. The average molecular weight is 262 g/mol. The predicted octanol–water partition coefficient (Wildman–Crippen LogP) is -5.20. The van der Waals surface area contributed by atoms with E-state index in [1.165, 1.54) is 0 Å². The lowest BCUT2D eigenvalue weighted by Gasteiger charge is -2.21. The largest absolute Gasteiger partial charge is 0.506 e. The molecule has 0 saturated heterocycles. The van der Waals surface area contributed by atoms with Crippen molar-refractivity contribution in [3.63, 3.8) is 0 Å². The summed E-state index contributed by atoms with van der Waals surface area (Å²) in [6.07, 6.45) is 0. The minimum absolute atomic E-state index is 0.307. The first-order chi connectivity index (χ1) is 4.42. The normalized spacial score (nSPS) is 12.6. The van der Waals surface area contributed by atoms with Gasteiger partial charge >= 0.3 is 21.1 Å². The highest BCUT2D eigenvalue weighted by molar-refractivity contribution is 4.20. The third-order valence-electron chi connectivity index (χ3n) is 0.928. The minimum Gasteiger partial charge on any atom is -0.396 e. The topological polar surface area (TPSA) is 55.3 Å². The van der Waals surface area contributed by atoms with E-state index in [-0.39, 0.29) is 0 Å². The summed E-state index contributed by atoms with van der Waals surface area (Å²) < 4.78 is 25.1. The van der Waals surface area contributed by atoms with Crippen molar-refractivity contribution in [2.45, 2.75) is 0 Å². The Morgan fingerprint density at radius 3 is 2.10 bits per heavy atom. The molecule has 10 heavy (non-hydrogen) atoms. The average Bonchev–Trinajstić information content (AvgIpc) is 1.59. The van der Waals surface area contributed by atoms with Gasteiger partial charge in [0.1, 0.15) is 6.54 Å². The van der Waals surface area contributed by atoms with Gasteiger partial charge in [-0.25, -0.2) is 0 Å². The molecule has 0 radical (unpaired) electrons. The highest BCUT2D eigenvalue weighted by Crippen LogP contribution is 1.85. The molecule has 0 amide bonds. The van der Waals surface area contributed by atoms with Gasteiger partial charge in [0, 0.05) is 0 Å². The van der Waals surface area contributed by atoms with Crippen LogP contribution in [-0.4, -0.2) is 38.8 Å². The van der Waals surface area contributed by atoms with E-state index < -0.39 is 21.1 Å². The van der Waals surface area contributed by atoms with E-state index in [9.17, 15) is 6.87 Å². The fourth-order valence-electron chi connectivity index (χ4n) is 0.371. The highest BCUT2D eigenvalue weighted by Gasteiger charge is 2.15. The summed E-state index contributed by atoms with van der Waals surface area (Å²) in [6.45, 7) is 1.03. The number of halogens is 1. The van der Waals surface area contributed by atoms with Crippen molar-refractivity contribution in [3.8, 4) is 0 Å². The molecule has 0 aromatic carbocycles. The van der Waals surface area contributed by atoms with E-state index in [0.717, 1.165) is 11.0 Å². The second-order valence-electron chi connectivity index (χ2n) is 3.02. The molecule has 0 fully saturated rings. The molecule has 0 rings (SSSR count). The van der Waals surface area contributed by atoms with Crippen LogP contribution < -0.4 is 27.9 Å². The van der Waals surface area contributed by atoms with Gasteiger partial charge < -0.3 is 11.4 Å². The fourth-order valence-corrected chi connectivity index (χ4v) is 0.928. The van der Waals surface area contributed by atoms with E-state index in [4.69, 9.17) is 0 Å². The van der Waals surface area contributed by atoms with E-state index in [1.54, 1.807) is 0 Å². The molecule has 0 aromatic heterocycles. The lowest BCUT2D eigenvalue weighted by Crippen LogP contribution is -3.99. The summed E-state index contributed by atoms with van der Waals surface area (Å²) in [7, 11) is 5.95. The van der Waals surface area contributed by atoms with E-state index in [2.05, 4.69) is 3.07 Å². The van der Waals surface area contributed by atoms with E-state index in [1.807, 2.05) is 21.1 Å². The van der Waals surface area contributed by atoms with Crippen LogP contribution >= 0.6 is 0 Å². The lowest BCUT2D eigenvalue weighted by atomic mass is 10.5. The number of rotatable bonds is 4. The summed E-state index contributed by atoms with van der Waals surface area (Å²) >= 11 is -3.42. The molecule has 0 unspecified atom stereocenters. The fraction of sp³-hybridized carbons (Fsp3) is 1.00. The molecule has 0 aliphatic heterocycles. The lowest BCUT2D eigenvalue weighted by molar-refractivity contribution is -1.63. The van der Waals surface area contributed by atoms with Crippen molar-refractivity contribution in [3.05, 3.63) is 0 Å². The van der Waals surface area contributed by atoms with Crippen molar-refractivity contribution in [1.82, 2.24) is 0 Å². The summed E-state index contributed by atoms with van der Waals surface area (Å²) in [5.41, 5.74) is 0. The number of likely N-dealkylation sites (N-methyl/N-ethyl adjacent to an activating group) is 1. The number of quaternary nitrogens is 1. The first-order valence-corrected chi connectivity index (χ1v) is 5.55. The van der Waals surface area contributed by atoms with Crippen LogP contribution in [0.5, 0.6) is 0 Å². The zero-order chi connectivity index (χ0) is 8.20. The number of hydrogen-bond acceptors (Lipinski definition) is 3. The summed E-state index contributed by atoms with van der Waals surface area (Å²) in [4.78, 5) is 0. The Hall–Kier alpha value is 0.570. The molecule has 0 N–H and O–H groups in total. The minimum atomic E-state index is -3.42. The number of nitrogens with zero attached hydrogens (tertiary/aromatic N) is 1. The Morgan fingerprint density at radius 1 is 1.30 bits per heavy atom. The molecular weight excluding hydrogens is 249 g/mol. The monoisotopic (exact) mass is 262 g/mol. The predicted molar refractivity (Wildman–Crippen MR) is 28.9 cm³/mol. The van der Waals surface area contributed by atoms with Gasteiger partial charge in [-0.05, 0) is 3.07 Å². The molecule has 0 aliphatic rings. The van der Waals surface area contributed by atoms with Crippen LogP contribution in [0.15, 0.2) is 0 Å². The quantitative estimate of drug-likeness (QED) is 0.376. The molecule has 5 heteroatoms. The van der Waals surface area contributed by atoms with Crippen LogP contribution in [-0.2, 0) is 3.07 Å². The van der Waals surface area contributed by atoms with Gasteiger partial charge in [-0.2, -0.15) is 0 Å². The molecule has 4 nitrogen and oxygen atoms in total. The second-order valence-corrected chi connectivity index (χ2v) is 4.72. The number of hydrogen-bond donors (Lipinski definition) is 0. The summed E-state index contributed by atoms with van der Waals surface area (Å²) in [6, 6.07) is 0. The maximum Gasteiger partial charge on any atom is 0.506 e. The van der Waals surface area contributed by atoms with Gasteiger partial charge in [0.05, 0.1) is 21.1 Å². The Bertz CT molecular complexity index is 91.4. The molecule has 0 heterocycles. The molecule has 0 aliphatic carbocycles. The molecule has 0 bridgehead atoms. The maximum atomic E-state index is 9.98. The first kappa shape index (κ1) is 10.6. The van der Waals surface area contributed by atoms with Crippen molar-refractivity contribution < 1.29 is 35.5 Å². The molecular formula is C5H13INO3+. The Labute approximate surface area is 70.0 Å². The van der Waals surface area contributed by atoms with Crippen molar-refractivity contribution >= 4 is 0 Å². The van der Waals surface area contributed by atoms with Crippen molar-refractivity contribution in [2.24, 2.45) is 0 Å². The zero-order valence-corrected chi connectivity index (χ0v) is 8.62. The Balaban J connectivity index is 3.21. The van der Waals surface area contributed by atoms with Crippen LogP contribution in [0.1, 0.15) is 0 Å². The van der Waals surface area contributed by atoms with Crippen LogP contribution in [0.3, 0.4) is 0 Å². The maximum absolute atomic E-state index is 9.98. The van der Waals surface area contributed by atoms with Crippen LogP contribution in [0.4, 0.5) is 0 Å².